The minimum absolute atomic E-state index is 1.16. The highest BCUT2D eigenvalue weighted by atomic mass is 32.2. The lowest BCUT2D eigenvalue weighted by molar-refractivity contribution is 1.53. The van der Waals surface area contributed by atoms with Crippen molar-refractivity contribution in [2.75, 3.05) is 11.5 Å². The molecule has 1 aromatic rings. The van der Waals surface area contributed by atoms with Crippen LogP contribution in [0, 0.1) is 0 Å². The zero-order chi connectivity index (χ0) is 9.52. The van der Waals surface area contributed by atoms with E-state index in [9.17, 15) is 0 Å². The topological polar surface area (TPSA) is 0 Å². The molecule has 1 rings (SSSR count). The third-order valence-electron chi connectivity index (χ3n) is 1.38. The standard InChI is InChI=1S/C10H14S3/c1-3-11-10(12-4-2)8-9-6-5-7-13-9/h5-8H,3-4H2,1-2H3. The second-order valence-corrected chi connectivity index (χ2v) is 6.19. The summed E-state index contributed by atoms with van der Waals surface area (Å²) in [5, 5.41) is 2.12. The van der Waals surface area contributed by atoms with E-state index in [1.807, 2.05) is 23.5 Å². The molecule has 1 heterocycles. The van der Waals surface area contributed by atoms with E-state index in [2.05, 4.69) is 37.4 Å². The summed E-state index contributed by atoms with van der Waals surface area (Å²) < 4.78 is 1.44. The molecule has 0 N–H and O–H groups in total. The second-order valence-electron chi connectivity index (χ2n) is 2.34. The summed E-state index contributed by atoms with van der Waals surface area (Å²) in [7, 11) is 0. The molecular weight excluding hydrogens is 216 g/mol. The highest BCUT2D eigenvalue weighted by molar-refractivity contribution is 8.22. The molecule has 13 heavy (non-hydrogen) atoms. The Morgan fingerprint density at radius 3 is 2.54 bits per heavy atom. The fourth-order valence-corrected chi connectivity index (χ4v) is 3.74. The maximum atomic E-state index is 2.28. The van der Waals surface area contributed by atoms with Gasteiger partial charge < -0.3 is 0 Å². The zero-order valence-electron chi connectivity index (χ0n) is 7.95. The molecule has 0 unspecified atom stereocenters. The highest BCUT2D eigenvalue weighted by Gasteiger charge is 1.97. The molecule has 0 aromatic carbocycles. The molecule has 0 radical (unpaired) electrons. The van der Waals surface area contributed by atoms with Crippen LogP contribution in [0.2, 0.25) is 0 Å². The van der Waals surface area contributed by atoms with Crippen LogP contribution < -0.4 is 0 Å². The van der Waals surface area contributed by atoms with Gasteiger partial charge in [0, 0.05) is 9.11 Å². The molecule has 1 aromatic heterocycles. The van der Waals surface area contributed by atoms with Crippen LogP contribution in [-0.4, -0.2) is 11.5 Å². The number of rotatable bonds is 5. The smallest absolute Gasteiger partial charge is 0.0414 e. The molecule has 0 bridgehead atoms. The lowest BCUT2D eigenvalue weighted by Crippen LogP contribution is -1.73. The molecule has 0 aliphatic carbocycles. The van der Waals surface area contributed by atoms with Crippen molar-refractivity contribution in [2.45, 2.75) is 13.8 Å². The number of hydrogen-bond acceptors (Lipinski definition) is 3. The van der Waals surface area contributed by atoms with Crippen LogP contribution in [0.3, 0.4) is 0 Å². The maximum Gasteiger partial charge on any atom is 0.0414 e. The number of hydrogen-bond donors (Lipinski definition) is 0. The van der Waals surface area contributed by atoms with Crippen molar-refractivity contribution in [2.24, 2.45) is 0 Å². The molecular formula is C10H14S3. The molecule has 0 nitrogen and oxygen atoms in total. The van der Waals surface area contributed by atoms with Gasteiger partial charge in [0.1, 0.15) is 0 Å². The summed E-state index contributed by atoms with van der Waals surface area (Å²) in [4.78, 5) is 1.36. The Kier molecular flexibility index (Phi) is 5.67. The van der Waals surface area contributed by atoms with Gasteiger partial charge in [0.05, 0.1) is 0 Å². The van der Waals surface area contributed by atoms with Gasteiger partial charge in [-0.1, -0.05) is 19.9 Å². The molecule has 0 aliphatic rings. The molecule has 0 spiro atoms. The van der Waals surface area contributed by atoms with Crippen molar-refractivity contribution in [3.63, 3.8) is 0 Å². The van der Waals surface area contributed by atoms with Crippen LogP contribution in [0.4, 0.5) is 0 Å². The molecule has 72 valence electrons. The average molecular weight is 230 g/mol. The van der Waals surface area contributed by atoms with Crippen LogP contribution in [0.25, 0.3) is 6.08 Å². The first-order chi connectivity index (χ1) is 6.36. The molecule has 0 saturated carbocycles. The van der Waals surface area contributed by atoms with Gasteiger partial charge in [-0.2, -0.15) is 0 Å². The summed E-state index contributed by atoms with van der Waals surface area (Å²) in [6, 6.07) is 4.26. The van der Waals surface area contributed by atoms with Crippen molar-refractivity contribution in [1.82, 2.24) is 0 Å². The van der Waals surface area contributed by atoms with Crippen molar-refractivity contribution >= 4 is 40.9 Å². The minimum atomic E-state index is 1.16. The van der Waals surface area contributed by atoms with Crippen LogP contribution in [0.1, 0.15) is 18.7 Å². The quantitative estimate of drug-likeness (QED) is 0.727. The molecule has 0 amide bonds. The van der Waals surface area contributed by atoms with Gasteiger partial charge in [0.25, 0.3) is 0 Å². The molecule has 0 aliphatic heterocycles. The number of thiophene rings is 1. The third-order valence-corrected chi connectivity index (χ3v) is 4.28. The number of thioether (sulfide) groups is 2. The van der Waals surface area contributed by atoms with Crippen LogP contribution >= 0.6 is 34.9 Å². The Morgan fingerprint density at radius 2 is 2.08 bits per heavy atom. The third kappa shape index (κ3) is 4.25. The van der Waals surface area contributed by atoms with Gasteiger partial charge >= 0.3 is 0 Å². The van der Waals surface area contributed by atoms with Gasteiger partial charge in [0.2, 0.25) is 0 Å². The van der Waals surface area contributed by atoms with Crippen LogP contribution in [0.5, 0.6) is 0 Å². The molecule has 0 atom stereocenters. The van der Waals surface area contributed by atoms with E-state index in [4.69, 9.17) is 0 Å². The van der Waals surface area contributed by atoms with E-state index in [0.717, 1.165) is 11.5 Å². The Bertz CT molecular complexity index is 241. The summed E-state index contributed by atoms with van der Waals surface area (Å²) in [6.45, 7) is 4.40. The molecule has 0 fully saturated rings. The summed E-state index contributed by atoms with van der Waals surface area (Å²) in [5.74, 6) is 2.31. The highest BCUT2D eigenvalue weighted by Crippen LogP contribution is 2.31. The van der Waals surface area contributed by atoms with Crippen LogP contribution in [-0.2, 0) is 0 Å². The summed E-state index contributed by atoms with van der Waals surface area (Å²) in [6.07, 6.45) is 2.28. The van der Waals surface area contributed by atoms with E-state index in [-0.39, 0.29) is 0 Å². The Balaban J connectivity index is 2.62. The lowest BCUT2D eigenvalue weighted by Gasteiger charge is -2.01. The maximum absolute atomic E-state index is 2.28. The van der Waals surface area contributed by atoms with Gasteiger partial charge in [-0.05, 0) is 29.0 Å². The van der Waals surface area contributed by atoms with Crippen molar-refractivity contribution in [1.29, 1.82) is 0 Å². The van der Waals surface area contributed by atoms with Gasteiger partial charge in [-0.15, -0.1) is 34.9 Å². The molecule has 3 heteroatoms. The fourth-order valence-electron chi connectivity index (χ4n) is 0.899. The van der Waals surface area contributed by atoms with E-state index in [1.165, 1.54) is 9.11 Å². The fraction of sp³-hybridized carbons (Fsp3) is 0.400. The summed E-state index contributed by atoms with van der Waals surface area (Å²) >= 11 is 5.66. The largest absolute Gasteiger partial charge is 0.144 e. The summed E-state index contributed by atoms with van der Waals surface area (Å²) in [5.41, 5.74) is 0. The van der Waals surface area contributed by atoms with Gasteiger partial charge in [-0.3, -0.25) is 0 Å². The predicted octanol–water partition coefficient (Wildman–Crippen LogP) is 4.55. The minimum Gasteiger partial charge on any atom is -0.144 e. The van der Waals surface area contributed by atoms with Gasteiger partial charge in [-0.25, -0.2) is 0 Å². The van der Waals surface area contributed by atoms with E-state index >= 15 is 0 Å². The zero-order valence-corrected chi connectivity index (χ0v) is 10.4. The average Bonchev–Trinajstić information content (AvgIpc) is 2.58. The van der Waals surface area contributed by atoms with E-state index < -0.39 is 0 Å². The monoisotopic (exact) mass is 230 g/mol. The SMILES string of the molecule is CCSC(=Cc1cccs1)SCC. The predicted molar refractivity (Wildman–Crippen MR) is 68.6 cm³/mol. The Morgan fingerprint density at radius 1 is 1.38 bits per heavy atom. The first-order valence-corrected chi connectivity index (χ1v) is 7.22. The van der Waals surface area contributed by atoms with Crippen molar-refractivity contribution in [3.05, 3.63) is 26.6 Å². The Labute approximate surface area is 92.8 Å². The van der Waals surface area contributed by atoms with Gasteiger partial charge in [0.15, 0.2) is 0 Å². The lowest BCUT2D eigenvalue weighted by atomic mass is 10.5. The first kappa shape index (κ1) is 11.2. The normalized spacial score (nSPS) is 10.0. The Hall–Kier alpha value is 0.140. The first-order valence-electron chi connectivity index (χ1n) is 4.37. The molecule has 0 saturated heterocycles. The van der Waals surface area contributed by atoms with E-state index in [0.29, 0.717) is 0 Å². The second kappa shape index (κ2) is 6.57. The van der Waals surface area contributed by atoms with Crippen molar-refractivity contribution in [3.8, 4) is 0 Å². The van der Waals surface area contributed by atoms with E-state index in [1.54, 1.807) is 11.3 Å². The van der Waals surface area contributed by atoms with Crippen molar-refractivity contribution < 1.29 is 0 Å². The van der Waals surface area contributed by atoms with Crippen LogP contribution in [0.15, 0.2) is 21.7 Å².